The molecule has 0 bridgehead atoms. The van der Waals surface area contributed by atoms with E-state index >= 15 is 0 Å². The van der Waals surface area contributed by atoms with Gasteiger partial charge >= 0.3 is 5.97 Å². The SMILES string of the molecule is C#CCN(CC(=O)O)CC(=O)Nc1ccccc1I. The second-order valence-electron chi connectivity index (χ2n) is 3.77. The average Bonchev–Trinajstić information content (AvgIpc) is 2.31. The number of rotatable bonds is 6. The van der Waals surface area contributed by atoms with Gasteiger partial charge in [-0.15, -0.1) is 6.42 Å². The second-order valence-corrected chi connectivity index (χ2v) is 4.93. The van der Waals surface area contributed by atoms with Crippen LogP contribution in [0.1, 0.15) is 0 Å². The largest absolute Gasteiger partial charge is 0.480 e. The number of aliphatic carboxylic acids is 1. The van der Waals surface area contributed by atoms with E-state index in [-0.39, 0.29) is 25.5 Å². The maximum atomic E-state index is 11.8. The molecule has 0 saturated carbocycles. The van der Waals surface area contributed by atoms with Gasteiger partial charge in [-0.3, -0.25) is 14.5 Å². The van der Waals surface area contributed by atoms with E-state index in [1.165, 1.54) is 4.90 Å². The average molecular weight is 372 g/mol. The van der Waals surface area contributed by atoms with Crippen LogP contribution in [0.25, 0.3) is 0 Å². The van der Waals surface area contributed by atoms with E-state index in [2.05, 4.69) is 33.8 Å². The fourth-order valence-corrected chi connectivity index (χ4v) is 1.97. The van der Waals surface area contributed by atoms with Crippen LogP contribution in [0.5, 0.6) is 0 Å². The fraction of sp³-hybridized carbons (Fsp3) is 0.231. The van der Waals surface area contributed by atoms with Crippen LogP contribution in [0, 0.1) is 15.9 Å². The van der Waals surface area contributed by atoms with Crippen LogP contribution in [0.15, 0.2) is 24.3 Å². The summed E-state index contributed by atoms with van der Waals surface area (Å²) in [5.41, 5.74) is 0.698. The molecule has 1 aromatic rings. The summed E-state index contributed by atoms with van der Waals surface area (Å²) < 4.78 is 0.912. The van der Waals surface area contributed by atoms with Crippen molar-refractivity contribution in [1.82, 2.24) is 4.90 Å². The predicted molar refractivity (Wildman–Crippen MR) is 80.7 cm³/mol. The van der Waals surface area contributed by atoms with Gasteiger partial charge in [0.05, 0.1) is 25.3 Å². The lowest BCUT2D eigenvalue weighted by Crippen LogP contribution is -2.37. The van der Waals surface area contributed by atoms with Gasteiger partial charge in [-0.1, -0.05) is 18.1 Å². The molecule has 1 amide bonds. The summed E-state index contributed by atoms with van der Waals surface area (Å²) in [5.74, 6) is 1.03. The smallest absolute Gasteiger partial charge is 0.317 e. The van der Waals surface area contributed by atoms with Crippen LogP contribution in [0.4, 0.5) is 5.69 Å². The molecule has 0 aliphatic heterocycles. The van der Waals surface area contributed by atoms with Gasteiger partial charge in [0.15, 0.2) is 0 Å². The third kappa shape index (κ3) is 5.72. The number of amides is 1. The number of hydrogen-bond acceptors (Lipinski definition) is 3. The molecule has 0 spiro atoms. The molecule has 1 rings (SSSR count). The number of anilines is 1. The van der Waals surface area contributed by atoms with Gasteiger partial charge in [-0.2, -0.15) is 0 Å². The zero-order valence-electron chi connectivity index (χ0n) is 10.1. The third-order valence-electron chi connectivity index (χ3n) is 2.19. The van der Waals surface area contributed by atoms with Crippen molar-refractivity contribution in [2.45, 2.75) is 0 Å². The quantitative estimate of drug-likeness (QED) is 0.583. The van der Waals surface area contributed by atoms with Crippen molar-refractivity contribution < 1.29 is 14.7 Å². The first-order valence-electron chi connectivity index (χ1n) is 5.45. The molecule has 0 fully saturated rings. The minimum absolute atomic E-state index is 0.0541. The zero-order valence-corrected chi connectivity index (χ0v) is 12.3. The van der Waals surface area contributed by atoms with Crippen molar-refractivity contribution in [3.8, 4) is 12.3 Å². The number of hydrogen-bond donors (Lipinski definition) is 2. The summed E-state index contributed by atoms with van der Waals surface area (Å²) in [6.07, 6.45) is 5.14. The number of carbonyl (C=O) groups is 2. The lowest BCUT2D eigenvalue weighted by molar-refractivity contribution is -0.138. The third-order valence-corrected chi connectivity index (χ3v) is 3.13. The molecule has 5 nitrogen and oxygen atoms in total. The standard InChI is InChI=1S/C13H13IN2O3/c1-2-7-16(9-13(18)19)8-12(17)15-11-6-4-3-5-10(11)14/h1,3-6H,7-9H2,(H,15,17)(H,18,19). The lowest BCUT2D eigenvalue weighted by Gasteiger charge is -2.17. The van der Waals surface area contributed by atoms with Crippen molar-refractivity contribution in [2.24, 2.45) is 0 Å². The van der Waals surface area contributed by atoms with Gasteiger partial charge in [0.1, 0.15) is 0 Å². The number of para-hydroxylation sites is 1. The van der Waals surface area contributed by atoms with Gasteiger partial charge in [-0.05, 0) is 34.7 Å². The molecule has 0 aliphatic carbocycles. The van der Waals surface area contributed by atoms with Crippen molar-refractivity contribution in [2.75, 3.05) is 25.0 Å². The summed E-state index contributed by atoms with van der Waals surface area (Å²) in [5, 5.41) is 11.4. The summed E-state index contributed by atoms with van der Waals surface area (Å²) in [4.78, 5) is 23.8. The van der Waals surface area contributed by atoms with E-state index in [9.17, 15) is 9.59 Å². The molecule has 19 heavy (non-hydrogen) atoms. The van der Waals surface area contributed by atoms with Crippen molar-refractivity contribution >= 4 is 40.2 Å². The maximum Gasteiger partial charge on any atom is 0.317 e. The van der Waals surface area contributed by atoms with Gasteiger partial charge in [0.2, 0.25) is 5.91 Å². The normalized spacial score (nSPS) is 9.95. The van der Waals surface area contributed by atoms with E-state index in [1.54, 1.807) is 6.07 Å². The van der Waals surface area contributed by atoms with Crippen molar-refractivity contribution in [3.05, 3.63) is 27.8 Å². The molecular formula is C13H13IN2O3. The van der Waals surface area contributed by atoms with E-state index < -0.39 is 5.97 Å². The van der Waals surface area contributed by atoms with E-state index in [0.29, 0.717) is 5.69 Å². The highest BCUT2D eigenvalue weighted by Crippen LogP contribution is 2.16. The Bertz CT molecular complexity index is 511. The number of carbonyl (C=O) groups excluding carboxylic acids is 1. The summed E-state index contributed by atoms with van der Waals surface area (Å²) in [6, 6.07) is 7.33. The topological polar surface area (TPSA) is 69.6 Å². The molecule has 2 N–H and O–H groups in total. The Kier molecular flexibility index (Phi) is 6.32. The van der Waals surface area contributed by atoms with Crippen LogP contribution in [-0.2, 0) is 9.59 Å². The van der Waals surface area contributed by atoms with Crippen LogP contribution in [-0.4, -0.2) is 41.5 Å². The molecule has 0 aliphatic rings. The van der Waals surface area contributed by atoms with Gasteiger partial charge in [0.25, 0.3) is 0 Å². The van der Waals surface area contributed by atoms with Gasteiger partial charge in [0, 0.05) is 3.57 Å². The number of carboxylic acids is 1. The minimum Gasteiger partial charge on any atom is -0.480 e. The molecule has 0 saturated heterocycles. The monoisotopic (exact) mass is 372 g/mol. The van der Waals surface area contributed by atoms with Crippen LogP contribution in [0.2, 0.25) is 0 Å². The Labute approximate surface area is 125 Å². The number of benzene rings is 1. The maximum absolute atomic E-state index is 11.8. The van der Waals surface area contributed by atoms with Gasteiger partial charge < -0.3 is 10.4 Å². The molecule has 0 atom stereocenters. The Balaban J connectivity index is 2.60. The Morgan fingerprint density at radius 3 is 2.63 bits per heavy atom. The van der Waals surface area contributed by atoms with E-state index in [0.717, 1.165) is 3.57 Å². The molecule has 0 heterocycles. The minimum atomic E-state index is -1.02. The highest BCUT2D eigenvalue weighted by atomic mass is 127. The van der Waals surface area contributed by atoms with E-state index in [4.69, 9.17) is 11.5 Å². The zero-order chi connectivity index (χ0) is 14.3. The fourth-order valence-electron chi connectivity index (χ4n) is 1.44. The molecule has 0 radical (unpaired) electrons. The summed E-state index contributed by atoms with van der Waals surface area (Å²) >= 11 is 2.11. The van der Waals surface area contributed by atoms with Crippen LogP contribution >= 0.6 is 22.6 Å². The number of nitrogens with zero attached hydrogens (tertiary/aromatic N) is 1. The molecule has 100 valence electrons. The highest BCUT2D eigenvalue weighted by molar-refractivity contribution is 14.1. The Hall–Kier alpha value is -1.59. The van der Waals surface area contributed by atoms with Crippen LogP contribution in [0.3, 0.4) is 0 Å². The van der Waals surface area contributed by atoms with Crippen molar-refractivity contribution in [1.29, 1.82) is 0 Å². The van der Waals surface area contributed by atoms with Crippen LogP contribution < -0.4 is 5.32 Å². The highest BCUT2D eigenvalue weighted by Gasteiger charge is 2.13. The molecule has 6 heteroatoms. The second kappa shape index (κ2) is 7.76. The number of nitrogens with one attached hydrogen (secondary N) is 1. The number of terminal acetylenes is 1. The first-order valence-corrected chi connectivity index (χ1v) is 6.52. The van der Waals surface area contributed by atoms with Crippen molar-refractivity contribution in [3.63, 3.8) is 0 Å². The predicted octanol–water partition coefficient (Wildman–Crippen LogP) is 1.25. The first-order chi connectivity index (χ1) is 9.02. The molecule has 0 aromatic heterocycles. The molecule has 1 aromatic carbocycles. The number of carboxylic acid groups (broad SMARTS) is 1. The lowest BCUT2D eigenvalue weighted by atomic mass is 10.3. The summed E-state index contributed by atoms with van der Waals surface area (Å²) in [6.45, 7) is -0.198. The number of halogens is 1. The molecular weight excluding hydrogens is 359 g/mol. The summed E-state index contributed by atoms with van der Waals surface area (Å²) in [7, 11) is 0. The molecule has 0 unspecified atom stereocenters. The van der Waals surface area contributed by atoms with E-state index in [1.807, 2.05) is 18.2 Å². The first kappa shape index (κ1) is 15.5. The Morgan fingerprint density at radius 1 is 1.37 bits per heavy atom. The van der Waals surface area contributed by atoms with Gasteiger partial charge in [-0.25, -0.2) is 0 Å². The Morgan fingerprint density at radius 2 is 2.05 bits per heavy atom.